The van der Waals surface area contributed by atoms with Crippen LogP contribution in [0.2, 0.25) is 0 Å². The molecule has 2 aromatic rings. The molecule has 0 spiro atoms. The number of aromatic nitrogens is 2. The molecule has 1 aromatic carbocycles. The Kier molecular flexibility index (Phi) is 3.85. The van der Waals surface area contributed by atoms with Gasteiger partial charge in [-0.2, -0.15) is 0 Å². The van der Waals surface area contributed by atoms with Crippen LogP contribution in [0.3, 0.4) is 0 Å². The fraction of sp³-hybridized carbons (Fsp3) is 0.429. The minimum absolute atomic E-state index is 0.0644. The fourth-order valence-electron chi connectivity index (χ4n) is 2.20. The van der Waals surface area contributed by atoms with Crippen molar-refractivity contribution < 1.29 is 14.6 Å². The van der Waals surface area contributed by atoms with Crippen LogP contribution in [0.5, 0.6) is 0 Å². The molecule has 1 atom stereocenters. The maximum absolute atomic E-state index is 11.0. The molecule has 0 aliphatic rings. The number of benzene rings is 1. The van der Waals surface area contributed by atoms with Gasteiger partial charge in [0.1, 0.15) is 5.82 Å². The van der Waals surface area contributed by atoms with Gasteiger partial charge in [-0.25, -0.2) is 9.78 Å². The summed E-state index contributed by atoms with van der Waals surface area (Å²) in [6, 6.07) is 4.98. The third-order valence-corrected chi connectivity index (χ3v) is 3.08. The van der Waals surface area contributed by atoms with Crippen LogP contribution in [-0.2, 0) is 11.3 Å². The molecule has 0 radical (unpaired) electrons. The number of aryl methyl sites for hydroxylation is 1. The highest BCUT2D eigenvalue weighted by Crippen LogP contribution is 2.19. The maximum atomic E-state index is 11.0. The predicted molar refractivity (Wildman–Crippen MR) is 72.5 cm³/mol. The lowest BCUT2D eigenvalue weighted by Crippen LogP contribution is -2.17. The van der Waals surface area contributed by atoms with Gasteiger partial charge >= 0.3 is 5.97 Å². The zero-order valence-corrected chi connectivity index (χ0v) is 11.4. The van der Waals surface area contributed by atoms with Crippen LogP contribution in [-0.4, -0.2) is 33.3 Å². The molecular weight excluding hydrogens is 244 g/mol. The smallest absolute Gasteiger partial charge is 0.335 e. The molecule has 19 heavy (non-hydrogen) atoms. The summed E-state index contributed by atoms with van der Waals surface area (Å²) >= 11 is 0. The van der Waals surface area contributed by atoms with Crippen LogP contribution >= 0.6 is 0 Å². The summed E-state index contributed by atoms with van der Waals surface area (Å²) in [6.45, 7) is 7.19. The van der Waals surface area contributed by atoms with E-state index in [1.807, 2.05) is 25.3 Å². The standard InChI is InChI=1S/C14H18N2O3/c1-4-19-9(2)8-16-10(3)15-12-6-5-11(14(17)18)7-13(12)16/h5-7,9H,4,8H2,1-3H3,(H,17,18). The first-order chi connectivity index (χ1) is 9.02. The summed E-state index contributed by atoms with van der Waals surface area (Å²) in [5, 5.41) is 9.05. The molecule has 2 rings (SSSR count). The third-order valence-electron chi connectivity index (χ3n) is 3.08. The van der Waals surface area contributed by atoms with Crippen LogP contribution in [0.1, 0.15) is 30.0 Å². The Hall–Kier alpha value is -1.88. The number of hydrogen-bond donors (Lipinski definition) is 1. The SMILES string of the molecule is CCOC(C)Cn1c(C)nc2ccc(C(=O)O)cc21. The lowest BCUT2D eigenvalue weighted by molar-refractivity contribution is 0.0644. The van der Waals surface area contributed by atoms with E-state index >= 15 is 0 Å². The van der Waals surface area contributed by atoms with Gasteiger partial charge in [0.15, 0.2) is 0 Å². The van der Waals surface area contributed by atoms with Crippen LogP contribution in [0, 0.1) is 6.92 Å². The summed E-state index contributed by atoms with van der Waals surface area (Å²) in [5.41, 5.74) is 1.92. The topological polar surface area (TPSA) is 64.4 Å². The monoisotopic (exact) mass is 262 g/mol. The van der Waals surface area contributed by atoms with Gasteiger partial charge in [-0.1, -0.05) is 0 Å². The number of carbonyl (C=O) groups is 1. The second-order valence-electron chi connectivity index (χ2n) is 4.54. The molecule has 0 saturated carbocycles. The average Bonchev–Trinajstić information content (AvgIpc) is 2.65. The second-order valence-corrected chi connectivity index (χ2v) is 4.54. The first kappa shape index (κ1) is 13.5. The molecule has 0 amide bonds. The van der Waals surface area contributed by atoms with Crippen molar-refractivity contribution in [2.45, 2.75) is 33.4 Å². The molecule has 1 N–H and O–H groups in total. The molecule has 1 unspecified atom stereocenters. The number of fused-ring (bicyclic) bond motifs is 1. The van der Waals surface area contributed by atoms with Crippen LogP contribution in [0.4, 0.5) is 0 Å². The molecule has 0 bridgehead atoms. The number of rotatable bonds is 5. The number of hydrogen-bond acceptors (Lipinski definition) is 3. The van der Waals surface area contributed by atoms with Crippen molar-refractivity contribution in [1.29, 1.82) is 0 Å². The maximum Gasteiger partial charge on any atom is 0.335 e. The lowest BCUT2D eigenvalue weighted by atomic mass is 10.2. The van der Waals surface area contributed by atoms with E-state index in [1.54, 1.807) is 18.2 Å². The van der Waals surface area contributed by atoms with Crippen molar-refractivity contribution in [3.63, 3.8) is 0 Å². The van der Waals surface area contributed by atoms with Gasteiger partial charge < -0.3 is 14.4 Å². The number of imidazole rings is 1. The van der Waals surface area contributed by atoms with E-state index in [2.05, 4.69) is 4.98 Å². The van der Waals surface area contributed by atoms with Gasteiger partial charge in [-0.05, 0) is 39.0 Å². The largest absolute Gasteiger partial charge is 0.478 e. The minimum atomic E-state index is -0.926. The molecule has 0 aliphatic heterocycles. The van der Waals surface area contributed by atoms with Crippen molar-refractivity contribution in [1.82, 2.24) is 9.55 Å². The minimum Gasteiger partial charge on any atom is -0.478 e. The van der Waals surface area contributed by atoms with Crippen LogP contribution in [0.15, 0.2) is 18.2 Å². The lowest BCUT2D eigenvalue weighted by Gasteiger charge is -2.14. The number of nitrogens with zero attached hydrogens (tertiary/aromatic N) is 2. The quantitative estimate of drug-likeness (QED) is 0.899. The van der Waals surface area contributed by atoms with E-state index in [4.69, 9.17) is 9.84 Å². The zero-order chi connectivity index (χ0) is 14.0. The molecule has 102 valence electrons. The van der Waals surface area contributed by atoms with Gasteiger partial charge in [0.05, 0.1) is 29.2 Å². The Morgan fingerprint density at radius 3 is 2.89 bits per heavy atom. The zero-order valence-electron chi connectivity index (χ0n) is 11.4. The Labute approximate surface area is 111 Å². The highest BCUT2D eigenvalue weighted by atomic mass is 16.5. The Morgan fingerprint density at radius 1 is 1.53 bits per heavy atom. The van der Waals surface area contributed by atoms with Crippen molar-refractivity contribution in [3.8, 4) is 0 Å². The van der Waals surface area contributed by atoms with Crippen molar-refractivity contribution in [2.75, 3.05) is 6.61 Å². The summed E-state index contributed by atoms with van der Waals surface area (Å²) < 4.78 is 7.53. The van der Waals surface area contributed by atoms with Gasteiger partial charge in [-0.15, -0.1) is 0 Å². The van der Waals surface area contributed by atoms with Gasteiger partial charge in [0.2, 0.25) is 0 Å². The Bertz CT molecular complexity index is 604. The second kappa shape index (κ2) is 5.40. The molecule has 5 nitrogen and oxygen atoms in total. The summed E-state index contributed by atoms with van der Waals surface area (Å²) in [4.78, 5) is 15.5. The summed E-state index contributed by atoms with van der Waals surface area (Å²) in [5.74, 6) is -0.0609. The molecule has 0 fully saturated rings. The highest BCUT2D eigenvalue weighted by molar-refractivity contribution is 5.92. The van der Waals surface area contributed by atoms with E-state index in [0.29, 0.717) is 13.2 Å². The molecular formula is C14H18N2O3. The molecule has 5 heteroatoms. The first-order valence-electron chi connectivity index (χ1n) is 6.34. The predicted octanol–water partition coefficient (Wildman–Crippen LogP) is 2.47. The summed E-state index contributed by atoms with van der Waals surface area (Å²) in [6.07, 6.45) is 0.0644. The first-order valence-corrected chi connectivity index (χ1v) is 6.34. The van der Waals surface area contributed by atoms with E-state index in [0.717, 1.165) is 16.9 Å². The van der Waals surface area contributed by atoms with E-state index in [9.17, 15) is 4.79 Å². The van der Waals surface area contributed by atoms with E-state index < -0.39 is 5.97 Å². The number of carboxylic acids is 1. The van der Waals surface area contributed by atoms with Crippen molar-refractivity contribution in [2.24, 2.45) is 0 Å². The average molecular weight is 262 g/mol. The van der Waals surface area contributed by atoms with Gasteiger partial charge in [0.25, 0.3) is 0 Å². The molecule has 0 aliphatic carbocycles. The Balaban J connectivity index is 2.43. The normalized spacial score (nSPS) is 12.8. The summed E-state index contributed by atoms with van der Waals surface area (Å²) in [7, 11) is 0. The van der Waals surface area contributed by atoms with E-state index in [-0.39, 0.29) is 11.7 Å². The molecule has 1 heterocycles. The number of carboxylic acid groups (broad SMARTS) is 1. The van der Waals surface area contributed by atoms with Gasteiger partial charge in [0, 0.05) is 6.61 Å². The number of ether oxygens (including phenoxy) is 1. The molecule has 1 aromatic heterocycles. The van der Waals surface area contributed by atoms with Crippen molar-refractivity contribution >= 4 is 17.0 Å². The highest BCUT2D eigenvalue weighted by Gasteiger charge is 2.13. The van der Waals surface area contributed by atoms with Crippen molar-refractivity contribution in [3.05, 3.63) is 29.6 Å². The fourth-order valence-corrected chi connectivity index (χ4v) is 2.20. The molecule has 0 saturated heterocycles. The van der Waals surface area contributed by atoms with E-state index in [1.165, 1.54) is 0 Å². The van der Waals surface area contributed by atoms with Crippen LogP contribution in [0.25, 0.3) is 11.0 Å². The number of aromatic carboxylic acids is 1. The van der Waals surface area contributed by atoms with Gasteiger partial charge in [-0.3, -0.25) is 0 Å². The third kappa shape index (κ3) is 2.76. The van der Waals surface area contributed by atoms with Crippen LogP contribution < -0.4 is 0 Å². The Morgan fingerprint density at radius 2 is 2.26 bits per heavy atom.